The van der Waals surface area contributed by atoms with Crippen LogP contribution in [0, 0.1) is 0 Å². The lowest BCUT2D eigenvalue weighted by atomic mass is 10.3. The first-order chi connectivity index (χ1) is 7.13. The molecule has 15 heavy (non-hydrogen) atoms. The molecule has 0 radical (unpaired) electrons. The number of halogens is 1. The lowest BCUT2D eigenvalue weighted by molar-refractivity contribution is 0.0926. The second-order valence-corrected chi connectivity index (χ2v) is 5.72. The molecule has 0 aliphatic rings. The average molecular weight is 292 g/mol. The second kappa shape index (κ2) is 6.37. The van der Waals surface area contributed by atoms with E-state index in [0.717, 1.165) is 15.2 Å². The molecule has 0 amide bonds. The van der Waals surface area contributed by atoms with Crippen LogP contribution in [-0.4, -0.2) is 44.5 Å². The predicted octanol–water partition coefficient (Wildman–Crippen LogP) is 2.27. The van der Waals surface area contributed by atoms with Crippen molar-refractivity contribution < 1.29 is 9.53 Å². The van der Waals surface area contributed by atoms with Crippen LogP contribution in [-0.2, 0) is 4.74 Å². The van der Waals surface area contributed by atoms with E-state index in [1.54, 1.807) is 7.11 Å². The van der Waals surface area contributed by atoms with E-state index >= 15 is 0 Å². The highest BCUT2D eigenvalue weighted by molar-refractivity contribution is 9.11. The summed E-state index contributed by atoms with van der Waals surface area (Å²) < 4.78 is 5.94. The van der Waals surface area contributed by atoms with Gasteiger partial charge in [0.15, 0.2) is 5.78 Å². The highest BCUT2D eigenvalue weighted by Crippen LogP contribution is 2.22. The standard InChI is InChI=1S/C10H14BrNO2S/c1-12(5-6-14-2)7-8(13)9-3-4-10(11)15-9/h3-4H,5-7H2,1-2H3. The third kappa shape index (κ3) is 4.42. The summed E-state index contributed by atoms with van der Waals surface area (Å²) in [4.78, 5) is 14.5. The average Bonchev–Trinajstić information content (AvgIpc) is 2.61. The number of hydrogen-bond donors (Lipinski definition) is 0. The van der Waals surface area contributed by atoms with E-state index in [9.17, 15) is 4.79 Å². The lowest BCUT2D eigenvalue weighted by Crippen LogP contribution is -2.28. The number of thiophene rings is 1. The van der Waals surface area contributed by atoms with Crippen molar-refractivity contribution in [2.24, 2.45) is 0 Å². The van der Waals surface area contributed by atoms with Crippen molar-refractivity contribution in [1.82, 2.24) is 4.90 Å². The van der Waals surface area contributed by atoms with E-state index in [2.05, 4.69) is 15.9 Å². The van der Waals surface area contributed by atoms with Crippen molar-refractivity contribution in [3.8, 4) is 0 Å². The Morgan fingerprint density at radius 2 is 2.33 bits per heavy atom. The summed E-state index contributed by atoms with van der Waals surface area (Å²) in [6.45, 7) is 1.86. The number of carbonyl (C=O) groups is 1. The molecule has 0 aliphatic heterocycles. The predicted molar refractivity (Wildman–Crippen MR) is 65.7 cm³/mol. The Morgan fingerprint density at radius 3 is 2.87 bits per heavy atom. The van der Waals surface area contributed by atoms with Gasteiger partial charge in [-0.1, -0.05) is 0 Å². The van der Waals surface area contributed by atoms with Crippen LogP contribution >= 0.6 is 27.3 Å². The Balaban J connectivity index is 2.42. The summed E-state index contributed by atoms with van der Waals surface area (Å²) in [6.07, 6.45) is 0. The van der Waals surface area contributed by atoms with Crippen molar-refractivity contribution >= 4 is 33.0 Å². The molecule has 0 spiro atoms. The van der Waals surface area contributed by atoms with Crippen LogP contribution in [0.5, 0.6) is 0 Å². The topological polar surface area (TPSA) is 29.5 Å². The number of ether oxygens (including phenoxy) is 1. The molecule has 0 N–H and O–H groups in total. The number of carbonyl (C=O) groups excluding carboxylic acids is 1. The van der Waals surface area contributed by atoms with Crippen molar-refractivity contribution in [2.45, 2.75) is 0 Å². The van der Waals surface area contributed by atoms with Gasteiger partial charge in [0.1, 0.15) is 0 Å². The van der Waals surface area contributed by atoms with Crippen LogP contribution in [0.15, 0.2) is 15.9 Å². The molecule has 0 unspecified atom stereocenters. The van der Waals surface area contributed by atoms with Crippen LogP contribution in [0.2, 0.25) is 0 Å². The third-order valence-electron chi connectivity index (χ3n) is 1.94. The Labute approximate surface area is 102 Å². The fourth-order valence-electron chi connectivity index (χ4n) is 1.11. The Kier molecular flexibility index (Phi) is 5.45. The van der Waals surface area contributed by atoms with Gasteiger partial charge in [0, 0.05) is 13.7 Å². The monoisotopic (exact) mass is 291 g/mol. The zero-order chi connectivity index (χ0) is 11.3. The van der Waals surface area contributed by atoms with Gasteiger partial charge in [0.2, 0.25) is 0 Å². The largest absolute Gasteiger partial charge is 0.383 e. The van der Waals surface area contributed by atoms with E-state index in [1.165, 1.54) is 11.3 Å². The van der Waals surface area contributed by atoms with Gasteiger partial charge >= 0.3 is 0 Å². The lowest BCUT2D eigenvalue weighted by Gasteiger charge is -2.13. The van der Waals surface area contributed by atoms with Crippen LogP contribution < -0.4 is 0 Å². The number of methoxy groups -OCH3 is 1. The summed E-state index contributed by atoms with van der Waals surface area (Å²) in [5, 5.41) is 0. The molecule has 0 saturated heterocycles. The molecule has 1 rings (SSSR count). The van der Waals surface area contributed by atoms with Gasteiger partial charge in [-0.2, -0.15) is 0 Å². The summed E-state index contributed by atoms with van der Waals surface area (Å²) in [5.74, 6) is 0.157. The second-order valence-electron chi connectivity index (χ2n) is 3.26. The molecule has 0 bridgehead atoms. The van der Waals surface area contributed by atoms with Gasteiger partial charge in [-0.3, -0.25) is 9.69 Å². The maximum absolute atomic E-state index is 11.7. The number of likely N-dealkylation sites (N-methyl/N-ethyl adjacent to an activating group) is 1. The van der Waals surface area contributed by atoms with Gasteiger partial charge in [-0.25, -0.2) is 0 Å². The molecule has 1 heterocycles. The minimum Gasteiger partial charge on any atom is -0.383 e. The molecule has 1 aromatic rings. The maximum Gasteiger partial charge on any atom is 0.186 e. The van der Waals surface area contributed by atoms with E-state index in [-0.39, 0.29) is 5.78 Å². The van der Waals surface area contributed by atoms with Gasteiger partial charge in [-0.05, 0) is 35.1 Å². The number of ketones is 1. The molecule has 0 atom stereocenters. The molecule has 0 saturated carbocycles. The first-order valence-corrected chi connectivity index (χ1v) is 6.20. The summed E-state index contributed by atoms with van der Waals surface area (Å²) in [6, 6.07) is 3.74. The van der Waals surface area contributed by atoms with E-state index in [4.69, 9.17) is 4.74 Å². The summed E-state index contributed by atoms with van der Waals surface area (Å²) in [7, 11) is 3.58. The highest BCUT2D eigenvalue weighted by Gasteiger charge is 2.10. The third-order valence-corrected chi connectivity index (χ3v) is 3.60. The van der Waals surface area contributed by atoms with Crippen LogP contribution in [0.3, 0.4) is 0 Å². The molecule has 0 aromatic carbocycles. The number of rotatable bonds is 6. The molecule has 0 fully saturated rings. The van der Waals surface area contributed by atoms with Crippen molar-refractivity contribution in [3.05, 3.63) is 20.8 Å². The van der Waals surface area contributed by atoms with Crippen LogP contribution in [0.1, 0.15) is 9.67 Å². The molecule has 1 aromatic heterocycles. The zero-order valence-electron chi connectivity index (χ0n) is 8.83. The van der Waals surface area contributed by atoms with Gasteiger partial charge in [0.25, 0.3) is 0 Å². The van der Waals surface area contributed by atoms with Crippen molar-refractivity contribution in [2.75, 3.05) is 33.9 Å². The maximum atomic E-state index is 11.7. The Bertz CT molecular complexity index is 327. The molecule has 84 valence electrons. The molecule has 5 heteroatoms. The Hall–Kier alpha value is -0.230. The first kappa shape index (κ1) is 12.8. The SMILES string of the molecule is COCCN(C)CC(=O)c1ccc(Br)s1. The van der Waals surface area contributed by atoms with E-state index in [0.29, 0.717) is 13.2 Å². The van der Waals surface area contributed by atoms with E-state index in [1.807, 2.05) is 24.1 Å². The van der Waals surface area contributed by atoms with Crippen LogP contribution in [0.25, 0.3) is 0 Å². The number of hydrogen-bond acceptors (Lipinski definition) is 4. The quantitative estimate of drug-likeness (QED) is 0.753. The highest BCUT2D eigenvalue weighted by atomic mass is 79.9. The summed E-state index contributed by atoms with van der Waals surface area (Å²) in [5.41, 5.74) is 0. The smallest absolute Gasteiger partial charge is 0.186 e. The van der Waals surface area contributed by atoms with Crippen molar-refractivity contribution in [3.63, 3.8) is 0 Å². The molecular formula is C10H14BrNO2S. The van der Waals surface area contributed by atoms with Gasteiger partial charge < -0.3 is 4.74 Å². The van der Waals surface area contributed by atoms with Gasteiger partial charge in [-0.15, -0.1) is 11.3 Å². The van der Waals surface area contributed by atoms with Crippen molar-refractivity contribution in [1.29, 1.82) is 0 Å². The minimum absolute atomic E-state index is 0.157. The molecule has 0 aliphatic carbocycles. The minimum atomic E-state index is 0.157. The fourth-order valence-corrected chi connectivity index (χ4v) is 2.43. The molecular weight excluding hydrogens is 278 g/mol. The normalized spacial score (nSPS) is 10.9. The number of nitrogens with zero attached hydrogens (tertiary/aromatic N) is 1. The fraction of sp³-hybridized carbons (Fsp3) is 0.500. The Morgan fingerprint density at radius 1 is 1.60 bits per heavy atom. The zero-order valence-corrected chi connectivity index (χ0v) is 11.2. The van der Waals surface area contributed by atoms with Gasteiger partial charge in [0.05, 0.1) is 21.8 Å². The number of Topliss-reactive ketones (excluding diaryl/α,β-unsaturated/α-hetero) is 1. The summed E-state index contributed by atoms with van der Waals surface area (Å²) >= 11 is 4.81. The first-order valence-electron chi connectivity index (χ1n) is 4.59. The van der Waals surface area contributed by atoms with E-state index < -0.39 is 0 Å². The molecule has 3 nitrogen and oxygen atoms in total. The van der Waals surface area contributed by atoms with Crippen LogP contribution in [0.4, 0.5) is 0 Å².